The van der Waals surface area contributed by atoms with Crippen molar-refractivity contribution in [2.24, 2.45) is 109 Å². The van der Waals surface area contributed by atoms with Crippen molar-refractivity contribution in [3.8, 4) is 0 Å². The minimum atomic E-state index is -1.08. The van der Waals surface area contributed by atoms with E-state index in [1.807, 2.05) is 108 Å². The van der Waals surface area contributed by atoms with Gasteiger partial charge >= 0.3 is 0 Å². The van der Waals surface area contributed by atoms with Crippen molar-refractivity contribution in [1.29, 1.82) is 0 Å². The van der Waals surface area contributed by atoms with Crippen molar-refractivity contribution in [3.63, 3.8) is 0 Å². The average molecular weight is 1710 g/mol. The predicted molar refractivity (Wildman–Crippen MR) is 462 cm³/mol. The first-order valence-corrected chi connectivity index (χ1v) is 46.9. The zero-order chi connectivity index (χ0) is 87.6. The molecule has 11 fully saturated rings. The third kappa shape index (κ3) is 18.0. The van der Waals surface area contributed by atoms with Crippen LogP contribution in [0.1, 0.15) is 219 Å². The Bertz CT molecular complexity index is 4100. The van der Waals surface area contributed by atoms with E-state index in [2.05, 4.69) is 137 Å². The molecule has 23 heteroatoms. The lowest BCUT2D eigenvalue weighted by Gasteiger charge is -2.72. The van der Waals surface area contributed by atoms with Gasteiger partial charge in [0.05, 0.1) is 100 Å². The summed E-state index contributed by atoms with van der Waals surface area (Å²) in [6, 6.07) is 29.5. The summed E-state index contributed by atoms with van der Waals surface area (Å²) in [5, 5.41) is 4.50. The van der Waals surface area contributed by atoms with Gasteiger partial charge in [0.2, 0.25) is 0 Å². The molecule has 23 nitrogen and oxygen atoms in total. The van der Waals surface area contributed by atoms with Gasteiger partial charge in [-0.25, -0.2) is 0 Å². The van der Waals surface area contributed by atoms with Gasteiger partial charge in [-0.3, -0.25) is 4.79 Å². The number of fused-ring (bicyclic) bond motifs is 8. The van der Waals surface area contributed by atoms with Gasteiger partial charge in [0.15, 0.2) is 49.3 Å². The molecule has 0 radical (unpaired) electrons. The Balaban J connectivity index is 0.702. The van der Waals surface area contributed by atoms with E-state index in [4.69, 9.17) is 85.3 Å². The van der Waals surface area contributed by atoms with Crippen LogP contribution in [0.15, 0.2) is 108 Å². The van der Waals surface area contributed by atoms with E-state index >= 15 is 0 Å². The molecule has 682 valence electrons. The number of benzene rings is 3. The molecular formula is C100H147N3O20. The number of allylic oxidation sites excluding steroid dienone is 2. The Morgan fingerprint density at radius 3 is 1.83 bits per heavy atom. The maximum Gasteiger partial charge on any atom is 0.187 e. The number of azide groups is 1. The van der Waals surface area contributed by atoms with E-state index in [-0.39, 0.29) is 101 Å². The summed E-state index contributed by atoms with van der Waals surface area (Å²) in [7, 11) is 1.89. The Morgan fingerprint density at radius 2 is 1.17 bits per heavy atom. The molecule has 0 bridgehead atoms. The number of hydrogen-bond donors (Lipinski definition) is 0. The molecule has 12 aliphatic rings. The second-order valence-corrected chi connectivity index (χ2v) is 42.1. The van der Waals surface area contributed by atoms with Crippen LogP contribution in [0, 0.1) is 104 Å². The highest BCUT2D eigenvalue weighted by Crippen LogP contribution is 2.76. The maximum absolute atomic E-state index is 14.8. The van der Waals surface area contributed by atoms with Crippen molar-refractivity contribution < 1.29 is 94.9 Å². The first-order chi connectivity index (χ1) is 58.6. The summed E-state index contributed by atoms with van der Waals surface area (Å²) in [6.45, 7) is 45.9. The fraction of sp³-hybridized carbons (Fsp3) is 0.780. The summed E-state index contributed by atoms with van der Waals surface area (Å²) in [5.41, 5.74) is 12.7. The van der Waals surface area contributed by atoms with Gasteiger partial charge < -0.3 is 90.1 Å². The van der Waals surface area contributed by atoms with E-state index < -0.39 is 139 Å². The van der Waals surface area contributed by atoms with Crippen LogP contribution in [-0.2, 0) is 115 Å². The lowest BCUT2D eigenvalue weighted by molar-refractivity contribution is -0.374. The Kier molecular flexibility index (Phi) is 28.5. The molecule has 0 N–H and O–H groups in total. The van der Waals surface area contributed by atoms with Crippen molar-refractivity contribution in [3.05, 3.63) is 130 Å². The van der Waals surface area contributed by atoms with Crippen molar-refractivity contribution >= 4 is 12.1 Å². The quantitative estimate of drug-likeness (QED) is 0.0164. The molecule has 3 aromatic rings. The monoisotopic (exact) mass is 1710 g/mol. The Morgan fingerprint density at radius 1 is 0.553 bits per heavy atom. The number of carbonyl (C=O) groups is 2. The van der Waals surface area contributed by atoms with Crippen LogP contribution in [0.4, 0.5) is 0 Å². The fourth-order valence-corrected chi connectivity index (χ4v) is 25.5. The highest BCUT2D eigenvalue weighted by atomic mass is 16.8. The number of carbonyl (C=O) groups excluding carboxylic acids is 2. The number of hydrogen-bond acceptors (Lipinski definition) is 21. The third-order valence-corrected chi connectivity index (χ3v) is 33.8. The molecule has 0 amide bonds. The molecule has 15 rings (SSSR count). The number of nitrogens with zero attached hydrogens (tertiary/aromatic N) is 3. The van der Waals surface area contributed by atoms with Crippen LogP contribution < -0.4 is 0 Å². The van der Waals surface area contributed by atoms with Gasteiger partial charge in [0.25, 0.3) is 0 Å². The third-order valence-electron chi connectivity index (χ3n) is 33.8. The molecule has 4 saturated carbocycles. The van der Waals surface area contributed by atoms with Gasteiger partial charge in [-0.1, -0.05) is 219 Å². The molecule has 0 spiro atoms. The number of aldehydes is 1. The smallest absolute Gasteiger partial charge is 0.187 e. The van der Waals surface area contributed by atoms with E-state index in [0.717, 1.165) is 74.5 Å². The molecule has 0 aromatic heterocycles. The summed E-state index contributed by atoms with van der Waals surface area (Å²) >= 11 is 0. The lowest BCUT2D eigenvalue weighted by atomic mass is 9.33. The number of methoxy groups -OCH3 is 1. The fourth-order valence-electron chi connectivity index (χ4n) is 25.5. The molecule has 5 aliphatic carbocycles. The number of ketones is 1. The molecule has 7 heterocycles. The predicted octanol–water partition coefficient (Wildman–Crippen LogP) is 18.5. The summed E-state index contributed by atoms with van der Waals surface area (Å²) in [4.78, 5) is 32.3. The molecule has 123 heavy (non-hydrogen) atoms. The minimum Gasteiger partial charge on any atom is -0.381 e. The van der Waals surface area contributed by atoms with Gasteiger partial charge in [-0.2, -0.15) is 0 Å². The van der Waals surface area contributed by atoms with Crippen LogP contribution in [0.25, 0.3) is 10.4 Å². The highest BCUT2D eigenvalue weighted by Gasteiger charge is 2.72. The van der Waals surface area contributed by atoms with Crippen molar-refractivity contribution in [2.75, 3.05) is 33.5 Å². The van der Waals surface area contributed by atoms with Gasteiger partial charge in [0, 0.05) is 41.1 Å². The van der Waals surface area contributed by atoms with Crippen molar-refractivity contribution in [2.45, 2.75) is 358 Å². The molecule has 3 aromatic carbocycles. The maximum atomic E-state index is 14.8. The molecule has 38 atom stereocenters. The van der Waals surface area contributed by atoms with Gasteiger partial charge in [-0.15, -0.1) is 0 Å². The lowest BCUT2D eigenvalue weighted by Crippen LogP contribution is -2.68. The SMILES string of the molecule is CCC1O[C@@H](OC2[C@H](O[C@H]3CCC4(C)C5CC=C6C7CC(C)(C)CC[C@]7(CO[C@@H]7OC(COCc8ccccc8)[C@H](N=[N+]=[N-])C(C)C7O[C@@H]7OC(C)[C@H](O[C@@H]8OC[C@@H](OCc9ccccc9)C(OCc9ccccc9)C8C)C8OC(C)(C)OC87)C(OC)C[C@@]6(C)[C@@]5(C)CC[C@H]4[C@@]3(C)C=O)OC(C(C)=O)[C@@H](C)[C@@H]2O[C@@H]2OC[C@@H](C)[C@H](C)C2C)C(C)[C@@H](C)[C@H]1C. The van der Waals surface area contributed by atoms with Crippen LogP contribution in [-0.4, -0.2) is 181 Å². The second kappa shape index (κ2) is 37.7. The summed E-state index contributed by atoms with van der Waals surface area (Å²) in [5.74, 6) is -0.917. The van der Waals surface area contributed by atoms with Crippen LogP contribution in [0.2, 0.25) is 0 Å². The summed E-state index contributed by atoms with van der Waals surface area (Å²) in [6.07, 6.45) is -1.44. The van der Waals surface area contributed by atoms with E-state index in [1.54, 1.807) is 6.92 Å². The van der Waals surface area contributed by atoms with Gasteiger partial charge in [0.1, 0.15) is 49.0 Å². The normalized spacial score (nSPS) is 46.3. The van der Waals surface area contributed by atoms with Crippen LogP contribution in [0.3, 0.4) is 0 Å². The highest BCUT2D eigenvalue weighted by molar-refractivity contribution is 5.81. The van der Waals surface area contributed by atoms with Crippen molar-refractivity contribution in [1.82, 2.24) is 0 Å². The Hall–Kier alpha value is -4.67. The number of ether oxygens (including phenoxy) is 18. The molecule has 17 unspecified atom stereocenters. The Labute approximate surface area is 732 Å². The summed E-state index contributed by atoms with van der Waals surface area (Å²) < 4.78 is 127. The zero-order valence-electron chi connectivity index (χ0n) is 77.4. The molecule has 7 saturated heterocycles. The minimum absolute atomic E-state index is 0.0213. The standard InChI is InChI=1S/C100H147N3O20/c1-22-72-59(5)58(4)61(7)90(114-72)121-86-82(118-88-60(6)57(3)56(2)48-110-88)63(9)80(65(11)105)117-92(86)116-77-41-42-96(17)75(97(77,18)54-104)40-43-98(19)76(96)39-38-70-71-46-94(13,14)44-45-100(71,78(106-21)47-99(70,98)20)55-112-91-83(62(8)79(102-103-101)73(115-91)52-107-49-67-32-26-23-27-33-67)119-93-87-85(122-95(15,16)123-87)84(66(12)113-93)120-89-64(10)81(109-51-69-36-30-25-31-37-69)74(53-111-89)108-50-68-34-28-24-29-35-68/h23-38,54,56-64,66,71-93H,22,39-53,55H2,1-21H3/t56-,57+,58+,59-,60?,61?,62?,63-,64?,66?,71?,72?,73?,74-,75-,76?,77+,78?,79-,80?,81?,82+,83?,84+,85?,86?,87?,88+,89+,90+,91-,92-,93+,96?,97-,98+,99-,100-/m1/s1. The van der Waals surface area contributed by atoms with Crippen LogP contribution in [0.5, 0.6) is 0 Å². The zero-order valence-corrected chi connectivity index (χ0v) is 77.4. The van der Waals surface area contributed by atoms with E-state index in [1.165, 1.54) is 11.9 Å². The van der Waals surface area contributed by atoms with Crippen LogP contribution >= 0.6 is 0 Å². The first-order valence-electron chi connectivity index (χ1n) is 46.9. The topological polar surface area (TPSA) is 249 Å². The second-order valence-electron chi connectivity index (χ2n) is 42.1. The van der Waals surface area contributed by atoms with E-state index in [0.29, 0.717) is 56.5 Å². The molecule has 7 aliphatic heterocycles. The molecular weight excluding hydrogens is 1560 g/mol. The average Bonchev–Trinajstić information content (AvgIpc) is 0.989. The van der Waals surface area contributed by atoms with E-state index in [9.17, 15) is 15.1 Å². The number of Topliss-reactive ketones (excluding diaryl/α,β-unsaturated/α-hetero) is 1. The van der Waals surface area contributed by atoms with Gasteiger partial charge in [-0.05, 0) is 183 Å². The largest absolute Gasteiger partial charge is 0.381 e. The first kappa shape index (κ1) is 93.0. The number of rotatable bonds is 28.